The van der Waals surface area contributed by atoms with Crippen LogP contribution in [0.3, 0.4) is 0 Å². The highest BCUT2D eigenvalue weighted by atomic mass is 35.5. The molecule has 160 valence electrons. The first-order valence-corrected chi connectivity index (χ1v) is 8.85. The monoisotopic (exact) mass is 444 g/mol. The van der Waals surface area contributed by atoms with Crippen molar-refractivity contribution in [3.05, 3.63) is 30.3 Å². The Morgan fingerprint density at radius 3 is 2.66 bits per heavy atom. The second-order valence-corrected chi connectivity index (χ2v) is 6.17. The zero-order chi connectivity index (χ0) is 19.4. The summed E-state index contributed by atoms with van der Waals surface area (Å²) >= 11 is 0. The van der Waals surface area contributed by atoms with Crippen LogP contribution in [0.25, 0.3) is 17.0 Å². The smallest absolute Gasteiger partial charge is 0.323 e. The minimum Gasteiger partial charge on any atom is -0.496 e. The lowest BCUT2D eigenvalue weighted by Gasteiger charge is -2.17. The topological polar surface area (TPSA) is 78.9 Å². The van der Waals surface area contributed by atoms with Crippen LogP contribution in [0.4, 0.5) is 0 Å². The normalized spacial score (nSPS) is 17.6. The lowest BCUT2D eigenvalue weighted by atomic mass is 10.1. The molecule has 0 unspecified atom stereocenters. The largest absolute Gasteiger partial charge is 0.496 e. The van der Waals surface area contributed by atoms with Gasteiger partial charge in [-0.1, -0.05) is 12.7 Å². The molecular formula is C20H26Cl2N2O5. The van der Waals surface area contributed by atoms with Gasteiger partial charge in [0.2, 0.25) is 5.88 Å². The molecule has 3 rings (SSSR count). The Kier molecular flexibility index (Phi) is 9.49. The maximum absolute atomic E-state index is 11.7. The number of methoxy groups -OCH3 is 2. The molecule has 1 aliphatic rings. The van der Waals surface area contributed by atoms with E-state index in [0.717, 1.165) is 10.9 Å². The summed E-state index contributed by atoms with van der Waals surface area (Å²) in [5.41, 5.74) is 1.55. The Bertz CT molecular complexity index is 862. The van der Waals surface area contributed by atoms with Gasteiger partial charge in [0.05, 0.1) is 26.3 Å². The van der Waals surface area contributed by atoms with Crippen molar-refractivity contribution in [1.29, 1.82) is 0 Å². The number of pyridine rings is 1. The van der Waals surface area contributed by atoms with Crippen LogP contribution in [0.5, 0.6) is 17.4 Å². The van der Waals surface area contributed by atoms with E-state index in [9.17, 15) is 4.79 Å². The van der Waals surface area contributed by atoms with E-state index in [1.165, 1.54) is 7.11 Å². The molecule has 2 heterocycles. The molecule has 1 aromatic carbocycles. The molecule has 1 fully saturated rings. The average Bonchev–Trinajstić information content (AvgIpc) is 3.15. The van der Waals surface area contributed by atoms with E-state index in [2.05, 4.69) is 16.9 Å². The van der Waals surface area contributed by atoms with Crippen LogP contribution < -0.4 is 19.5 Å². The van der Waals surface area contributed by atoms with Gasteiger partial charge in [0.25, 0.3) is 0 Å². The molecule has 1 N–H and O–H groups in total. The van der Waals surface area contributed by atoms with Crippen molar-refractivity contribution in [2.24, 2.45) is 0 Å². The highest BCUT2D eigenvalue weighted by Gasteiger charge is 2.31. The molecule has 9 heteroatoms. The van der Waals surface area contributed by atoms with E-state index < -0.39 is 0 Å². The molecule has 7 nitrogen and oxygen atoms in total. The summed E-state index contributed by atoms with van der Waals surface area (Å²) in [6.45, 7) is 6.79. The summed E-state index contributed by atoms with van der Waals surface area (Å²) in [4.78, 5) is 16.3. The van der Waals surface area contributed by atoms with Crippen molar-refractivity contribution in [1.82, 2.24) is 10.3 Å². The quantitative estimate of drug-likeness (QED) is 0.655. The summed E-state index contributed by atoms with van der Waals surface area (Å²) in [6.07, 6.45) is 2.09. The minimum absolute atomic E-state index is 0. The maximum Gasteiger partial charge on any atom is 0.323 e. The van der Waals surface area contributed by atoms with E-state index in [-0.39, 0.29) is 42.9 Å². The van der Waals surface area contributed by atoms with Gasteiger partial charge in [0.15, 0.2) is 0 Å². The number of fused-ring (bicyclic) bond motifs is 1. The molecule has 0 aliphatic carbocycles. The van der Waals surface area contributed by atoms with Crippen LogP contribution in [0.1, 0.15) is 18.9 Å². The van der Waals surface area contributed by atoms with Crippen molar-refractivity contribution in [3.63, 3.8) is 0 Å². The van der Waals surface area contributed by atoms with Crippen LogP contribution in [-0.2, 0) is 9.53 Å². The fourth-order valence-corrected chi connectivity index (χ4v) is 3.17. The fraction of sp³-hybridized carbons (Fsp3) is 0.400. The molecule has 1 saturated heterocycles. The zero-order valence-electron chi connectivity index (χ0n) is 16.6. The molecule has 0 bridgehead atoms. The van der Waals surface area contributed by atoms with E-state index in [1.807, 2.05) is 19.1 Å². The summed E-state index contributed by atoms with van der Waals surface area (Å²) in [5, 5.41) is 3.95. The number of hydrogen-bond acceptors (Lipinski definition) is 7. The van der Waals surface area contributed by atoms with Crippen LogP contribution in [0.2, 0.25) is 0 Å². The Morgan fingerprint density at radius 2 is 2.03 bits per heavy atom. The summed E-state index contributed by atoms with van der Waals surface area (Å²) < 4.78 is 22.0. The van der Waals surface area contributed by atoms with E-state index >= 15 is 0 Å². The molecular weight excluding hydrogens is 419 g/mol. The summed E-state index contributed by atoms with van der Waals surface area (Å²) in [7, 11) is 2.99. The van der Waals surface area contributed by atoms with Crippen LogP contribution in [0.15, 0.2) is 24.8 Å². The molecule has 1 aromatic heterocycles. The standard InChI is InChI=1S/C20H24N2O5.2ClH/c1-5-12-7-14-15(9-17(12)24-3)22-19(26-6-2)10-18(14)27-13-8-16(21-11-13)20(23)25-4;;/h5,7,9-10,13,16,21H,1,6,8,11H2,2-4H3;2*1H/t13-,16+;;/m1../s1. The van der Waals surface area contributed by atoms with E-state index in [1.54, 1.807) is 19.3 Å². The molecule has 0 amide bonds. The number of carbonyl (C=O) groups excluding carboxylic acids is 1. The molecule has 2 aromatic rings. The van der Waals surface area contributed by atoms with Crippen molar-refractivity contribution in [2.45, 2.75) is 25.5 Å². The number of nitrogens with zero attached hydrogens (tertiary/aromatic N) is 1. The Hall–Kier alpha value is -2.22. The van der Waals surface area contributed by atoms with E-state index in [4.69, 9.17) is 18.9 Å². The highest BCUT2D eigenvalue weighted by Crippen LogP contribution is 2.35. The van der Waals surface area contributed by atoms with E-state index in [0.29, 0.717) is 42.5 Å². The average molecular weight is 445 g/mol. The number of carbonyl (C=O) groups is 1. The molecule has 0 saturated carbocycles. The lowest BCUT2D eigenvalue weighted by Crippen LogP contribution is -2.31. The Balaban J connectivity index is 0.00000210. The summed E-state index contributed by atoms with van der Waals surface area (Å²) in [5.74, 6) is 1.52. The van der Waals surface area contributed by atoms with Gasteiger partial charge in [-0.2, -0.15) is 0 Å². The van der Waals surface area contributed by atoms with Crippen molar-refractivity contribution in [3.8, 4) is 17.4 Å². The number of halogens is 2. The third kappa shape index (κ3) is 5.44. The number of benzene rings is 1. The number of esters is 1. The van der Waals surface area contributed by atoms with Gasteiger partial charge >= 0.3 is 5.97 Å². The first-order chi connectivity index (χ1) is 13.1. The van der Waals surface area contributed by atoms with Gasteiger partial charge in [-0.25, -0.2) is 4.98 Å². The SMILES string of the molecule is C=Cc1cc2c(O[C@H]3CN[C@H](C(=O)OC)C3)cc(OCC)nc2cc1OC.Cl.Cl. The Labute approximate surface area is 182 Å². The zero-order valence-corrected chi connectivity index (χ0v) is 18.2. The number of aromatic nitrogens is 1. The number of rotatable bonds is 7. The van der Waals surface area contributed by atoms with Gasteiger partial charge in [-0.15, -0.1) is 24.8 Å². The number of ether oxygens (including phenoxy) is 4. The minimum atomic E-state index is -0.358. The molecule has 1 aliphatic heterocycles. The summed E-state index contributed by atoms with van der Waals surface area (Å²) in [6, 6.07) is 5.19. The van der Waals surface area contributed by atoms with Gasteiger partial charge in [0, 0.05) is 36.0 Å². The van der Waals surface area contributed by atoms with Crippen molar-refractivity contribution >= 4 is 47.8 Å². The van der Waals surface area contributed by atoms with Gasteiger partial charge in [0.1, 0.15) is 23.6 Å². The van der Waals surface area contributed by atoms with Crippen LogP contribution >= 0.6 is 24.8 Å². The highest BCUT2D eigenvalue weighted by molar-refractivity contribution is 5.90. The predicted molar refractivity (Wildman–Crippen MR) is 117 cm³/mol. The van der Waals surface area contributed by atoms with Crippen LogP contribution in [0, 0.1) is 0 Å². The second-order valence-electron chi connectivity index (χ2n) is 6.17. The second kappa shape index (κ2) is 11.1. The van der Waals surface area contributed by atoms with Gasteiger partial charge < -0.3 is 24.3 Å². The first-order valence-electron chi connectivity index (χ1n) is 8.85. The maximum atomic E-state index is 11.7. The number of nitrogens with one attached hydrogen (secondary N) is 1. The first kappa shape index (κ1) is 24.8. The van der Waals surface area contributed by atoms with Crippen LogP contribution in [-0.4, -0.2) is 50.5 Å². The molecule has 0 radical (unpaired) electrons. The fourth-order valence-electron chi connectivity index (χ4n) is 3.17. The molecule has 0 spiro atoms. The third-order valence-electron chi connectivity index (χ3n) is 4.48. The van der Waals surface area contributed by atoms with Crippen molar-refractivity contribution < 1.29 is 23.7 Å². The number of hydrogen-bond donors (Lipinski definition) is 1. The Morgan fingerprint density at radius 1 is 1.28 bits per heavy atom. The van der Waals surface area contributed by atoms with Crippen molar-refractivity contribution in [2.75, 3.05) is 27.4 Å². The lowest BCUT2D eigenvalue weighted by molar-refractivity contribution is -0.142. The van der Waals surface area contributed by atoms with Gasteiger partial charge in [-0.3, -0.25) is 4.79 Å². The molecule has 2 atom stereocenters. The molecule has 29 heavy (non-hydrogen) atoms. The van der Waals surface area contributed by atoms with Gasteiger partial charge in [-0.05, 0) is 13.0 Å². The predicted octanol–water partition coefficient (Wildman–Crippen LogP) is 3.41. The third-order valence-corrected chi connectivity index (χ3v) is 4.48.